The summed E-state index contributed by atoms with van der Waals surface area (Å²) in [5.74, 6) is 0.234. The molecule has 1 unspecified atom stereocenters. The van der Waals surface area contributed by atoms with Crippen LogP contribution in [0.15, 0.2) is 0 Å². The molecule has 17 heavy (non-hydrogen) atoms. The average Bonchev–Trinajstić information content (AvgIpc) is 2.25. The first-order valence-electron chi connectivity index (χ1n) is 6.11. The summed E-state index contributed by atoms with van der Waals surface area (Å²) in [5, 5.41) is 2.58. The summed E-state index contributed by atoms with van der Waals surface area (Å²) in [6.07, 6.45) is 1.77. The van der Waals surface area contributed by atoms with Crippen molar-refractivity contribution in [1.29, 1.82) is 0 Å². The number of unbranched alkanes of at least 4 members (excludes halogenated alkanes) is 1. The van der Waals surface area contributed by atoms with Crippen molar-refractivity contribution >= 4 is 11.9 Å². The van der Waals surface area contributed by atoms with Crippen LogP contribution >= 0.6 is 0 Å². The molecule has 1 amide bonds. The summed E-state index contributed by atoms with van der Waals surface area (Å²) in [6.45, 7) is 6.34. The highest BCUT2D eigenvalue weighted by atomic mass is 16.5. The molecule has 0 rings (SSSR count). The van der Waals surface area contributed by atoms with Crippen molar-refractivity contribution in [2.45, 2.75) is 46.1 Å². The van der Waals surface area contributed by atoms with E-state index in [2.05, 4.69) is 5.32 Å². The van der Waals surface area contributed by atoms with Crippen LogP contribution in [0.2, 0.25) is 0 Å². The quantitative estimate of drug-likeness (QED) is 0.633. The third-order valence-electron chi connectivity index (χ3n) is 2.28. The maximum absolute atomic E-state index is 11.4. The molecule has 0 aliphatic rings. The minimum Gasteiger partial charge on any atom is -0.449 e. The second kappa shape index (κ2) is 8.98. The molecule has 0 saturated heterocycles. The number of carbonyl (C=O) groups excluding carboxylic acids is 2. The van der Waals surface area contributed by atoms with Gasteiger partial charge in [0.15, 0.2) is 5.78 Å². The minimum absolute atomic E-state index is 0.0523. The predicted molar refractivity (Wildman–Crippen MR) is 66.7 cm³/mol. The number of hydrogen-bond acceptors (Lipinski definition) is 4. The summed E-state index contributed by atoms with van der Waals surface area (Å²) in [4.78, 5) is 22.7. The molecule has 5 heteroatoms. The molecule has 0 bridgehead atoms. The summed E-state index contributed by atoms with van der Waals surface area (Å²) in [7, 11) is 0. The van der Waals surface area contributed by atoms with E-state index in [0.717, 1.165) is 12.8 Å². The van der Waals surface area contributed by atoms with E-state index < -0.39 is 12.1 Å². The highest BCUT2D eigenvalue weighted by Crippen LogP contribution is 2.02. The Morgan fingerprint density at radius 2 is 1.94 bits per heavy atom. The molecular weight excluding hydrogens is 220 g/mol. The molecule has 0 aromatic carbocycles. The van der Waals surface area contributed by atoms with Gasteiger partial charge in [-0.2, -0.15) is 0 Å². The van der Waals surface area contributed by atoms with E-state index in [1.807, 2.05) is 13.8 Å². The molecule has 1 atom stereocenters. The Bertz CT molecular complexity index is 242. The van der Waals surface area contributed by atoms with Gasteiger partial charge in [0.25, 0.3) is 0 Å². The van der Waals surface area contributed by atoms with Crippen molar-refractivity contribution in [2.75, 3.05) is 13.2 Å². The van der Waals surface area contributed by atoms with E-state index in [0.29, 0.717) is 19.6 Å². The Kier molecular flexibility index (Phi) is 8.40. The maximum Gasteiger partial charge on any atom is 0.407 e. The summed E-state index contributed by atoms with van der Waals surface area (Å²) >= 11 is 0. The lowest BCUT2D eigenvalue weighted by molar-refractivity contribution is -0.119. The molecule has 0 saturated carbocycles. The topological polar surface area (TPSA) is 81.4 Å². The molecule has 0 aliphatic carbocycles. The number of ketones is 1. The Labute approximate surface area is 103 Å². The molecule has 0 spiro atoms. The van der Waals surface area contributed by atoms with E-state index in [4.69, 9.17) is 10.5 Å². The lowest BCUT2D eigenvalue weighted by Crippen LogP contribution is -2.40. The van der Waals surface area contributed by atoms with Gasteiger partial charge in [0, 0.05) is 0 Å². The largest absolute Gasteiger partial charge is 0.449 e. The van der Waals surface area contributed by atoms with Gasteiger partial charge < -0.3 is 15.8 Å². The standard InChI is InChI=1S/C12H24N2O3/c1-9(2)8-17-12(16)14-11(10(3)15)6-4-5-7-13/h9,11H,4-8,13H2,1-3H3,(H,14,16). The first kappa shape index (κ1) is 15.9. The van der Waals surface area contributed by atoms with Crippen molar-refractivity contribution in [3.8, 4) is 0 Å². The van der Waals surface area contributed by atoms with E-state index in [1.165, 1.54) is 6.92 Å². The fraction of sp³-hybridized carbons (Fsp3) is 0.833. The number of rotatable bonds is 8. The zero-order valence-corrected chi connectivity index (χ0v) is 11.0. The molecule has 0 heterocycles. The van der Waals surface area contributed by atoms with E-state index in [-0.39, 0.29) is 11.7 Å². The van der Waals surface area contributed by atoms with Gasteiger partial charge in [-0.1, -0.05) is 13.8 Å². The number of nitrogens with one attached hydrogen (secondary N) is 1. The molecule has 100 valence electrons. The number of amides is 1. The van der Waals surface area contributed by atoms with Gasteiger partial charge in [0.1, 0.15) is 0 Å². The fourth-order valence-corrected chi connectivity index (χ4v) is 1.30. The van der Waals surface area contributed by atoms with Crippen LogP contribution in [0.1, 0.15) is 40.0 Å². The summed E-state index contributed by atoms with van der Waals surface area (Å²) in [6, 6.07) is -0.457. The fourth-order valence-electron chi connectivity index (χ4n) is 1.30. The van der Waals surface area contributed by atoms with Crippen molar-refractivity contribution in [2.24, 2.45) is 11.7 Å². The van der Waals surface area contributed by atoms with Crippen LogP contribution < -0.4 is 11.1 Å². The Hall–Kier alpha value is -1.10. The number of carbonyl (C=O) groups is 2. The molecule has 0 aromatic heterocycles. The van der Waals surface area contributed by atoms with Crippen LogP contribution in [0.4, 0.5) is 4.79 Å². The number of nitrogens with two attached hydrogens (primary N) is 1. The minimum atomic E-state index is -0.522. The first-order chi connectivity index (χ1) is 7.97. The zero-order valence-electron chi connectivity index (χ0n) is 11.0. The summed E-state index contributed by atoms with van der Waals surface area (Å²) < 4.78 is 4.96. The molecule has 0 aliphatic heterocycles. The molecule has 0 aromatic rings. The van der Waals surface area contributed by atoms with Crippen LogP contribution in [0, 0.1) is 5.92 Å². The van der Waals surface area contributed by atoms with Gasteiger partial charge in [0.2, 0.25) is 0 Å². The van der Waals surface area contributed by atoms with Gasteiger partial charge in [-0.15, -0.1) is 0 Å². The molecule has 0 fully saturated rings. The van der Waals surface area contributed by atoms with Crippen molar-refractivity contribution in [1.82, 2.24) is 5.32 Å². The van der Waals surface area contributed by atoms with Crippen LogP contribution in [0.25, 0.3) is 0 Å². The SMILES string of the molecule is CC(=O)C(CCCCN)NC(=O)OCC(C)C. The lowest BCUT2D eigenvalue weighted by atomic mass is 10.1. The molecule has 0 radical (unpaired) electrons. The number of hydrogen-bond donors (Lipinski definition) is 2. The molecule has 5 nitrogen and oxygen atoms in total. The zero-order chi connectivity index (χ0) is 13.3. The first-order valence-corrected chi connectivity index (χ1v) is 6.11. The van der Waals surface area contributed by atoms with E-state index >= 15 is 0 Å². The number of ether oxygens (including phenoxy) is 1. The highest BCUT2D eigenvalue weighted by molar-refractivity contribution is 5.85. The molecule has 3 N–H and O–H groups in total. The van der Waals surface area contributed by atoms with Gasteiger partial charge in [-0.05, 0) is 38.6 Å². The number of Topliss-reactive ketones (excluding diaryl/α,β-unsaturated/α-hetero) is 1. The van der Waals surface area contributed by atoms with Crippen molar-refractivity contribution < 1.29 is 14.3 Å². The Morgan fingerprint density at radius 1 is 1.29 bits per heavy atom. The maximum atomic E-state index is 11.4. The Morgan fingerprint density at radius 3 is 2.41 bits per heavy atom. The lowest BCUT2D eigenvalue weighted by Gasteiger charge is -2.16. The van der Waals surface area contributed by atoms with Gasteiger partial charge in [-0.25, -0.2) is 4.79 Å². The van der Waals surface area contributed by atoms with E-state index in [9.17, 15) is 9.59 Å². The van der Waals surface area contributed by atoms with Gasteiger partial charge in [-0.3, -0.25) is 4.79 Å². The van der Waals surface area contributed by atoms with Crippen LogP contribution in [0.5, 0.6) is 0 Å². The van der Waals surface area contributed by atoms with Crippen LogP contribution in [-0.4, -0.2) is 31.1 Å². The Balaban J connectivity index is 3.98. The second-order valence-electron chi connectivity index (χ2n) is 4.58. The van der Waals surface area contributed by atoms with E-state index in [1.54, 1.807) is 0 Å². The smallest absolute Gasteiger partial charge is 0.407 e. The van der Waals surface area contributed by atoms with Crippen LogP contribution in [-0.2, 0) is 9.53 Å². The summed E-state index contributed by atoms with van der Waals surface area (Å²) in [5.41, 5.74) is 5.38. The highest BCUT2D eigenvalue weighted by Gasteiger charge is 2.17. The third-order valence-corrected chi connectivity index (χ3v) is 2.28. The third kappa shape index (κ3) is 8.68. The van der Waals surface area contributed by atoms with Gasteiger partial charge in [0.05, 0.1) is 12.6 Å². The van der Waals surface area contributed by atoms with Crippen LogP contribution in [0.3, 0.4) is 0 Å². The second-order valence-corrected chi connectivity index (χ2v) is 4.58. The van der Waals surface area contributed by atoms with Crippen molar-refractivity contribution in [3.05, 3.63) is 0 Å². The van der Waals surface area contributed by atoms with Crippen molar-refractivity contribution in [3.63, 3.8) is 0 Å². The normalized spacial score (nSPS) is 12.3. The average molecular weight is 244 g/mol. The predicted octanol–water partition coefficient (Wildman–Crippen LogP) is 1.46. The van der Waals surface area contributed by atoms with Gasteiger partial charge >= 0.3 is 6.09 Å². The monoisotopic (exact) mass is 244 g/mol. The molecular formula is C12H24N2O3. The number of alkyl carbamates (subject to hydrolysis) is 1.